The number of nitrogens with zero attached hydrogens (tertiary/aromatic N) is 1. The van der Waals surface area contributed by atoms with Gasteiger partial charge in [-0.15, -0.1) is 0 Å². The van der Waals surface area contributed by atoms with Gasteiger partial charge in [-0.05, 0) is 37.1 Å². The highest BCUT2D eigenvalue weighted by Gasteiger charge is 2.19. The van der Waals surface area contributed by atoms with E-state index < -0.39 is 17.8 Å². The lowest BCUT2D eigenvalue weighted by Crippen LogP contribution is -2.27. The summed E-state index contributed by atoms with van der Waals surface area (Å²) in [6.45, 7) is 7.75. The molecular formula is C18H21NO6S. The Balaban J connectivity index is 2.66. The Hall–Kier alpha value is -2.61. The largest absolute Gasteiger partial charge is 0.459 e. The standard InChI is InChI=1S/C18H21NO6S/c1-5-16(21)19(13(4)20)26-15-8-6-7-14(11-15)18(23)25-10-9-24-17(22)12(2)3/h6-8,11H,2,5,9-10H2,1,3-4H3. The van der Waals surface area contributed by atoms with Gasteiger partial charge >= 0.3 is 11.9 Å². The van der Waals surface area contributed by atoms with Gasteiger partial charge in [0, 0.05) is 23.8 Å². The number of amides is 2. The highest BCUT2D eigenvalue weighted by Crippen LogP contribution is 2.24. The van der Waals surface area contributed by atoms with Gasteiger partial charge in [0.15, 0.2) is 0 Å². The fourth-order valence-electron chi connectivity index (χ4n) is 1.69. The molecule has 0 saturated heterocycles. The van der Waals surface area contributed by atoms with Gasteiger partial charge in [-0.3, -0.25) is 9.59 Å². The molecule has 0 heterocycles. The lowest BCUT2D eigenvalue weighted by Gasteiger charge is -2.17. The van der Waals surface area contributed by atoms with Gasteiger partial charge in [-0.2, -0.15) is 0 Å². The summed E-state index contributed by atoms with van der Waals surface area (Å²) in [4.78, 5) is 47.2. The van der Waals surface area contributed by atoms with Crippen LogP contribution in [0.4, 0.5) is 0 Å². The maximum Gasteiger partial charge on any atom is 0.338 e. The maximum absolute atomic E-state index is 12.0. The first-order valence-electron chi connectivity index (χ1n) is 7.87. The molecule has 2 amide bonds. The second kappa shape index (κ2) is 10.4. The quantitative estimate of drug-likeness (QED) is 0.297. The smallest absolute Gasteiger partial charge is 0.338 e. The highest BCUT2D eigenvalue weighted by atomic mass is 32.2. The molecule has 0 aliphatic heterocycles. The van der Waals surface area contributed by atoms with E-state index in [1.54, 1.807) is 25.1 Å². The van der Waals surface area contributed by atoms with Crippen LogP contribution >= 0.6 is 11.9 Å². The third kappa shape index (κ3) is 6.72. The summed E-state index contributed by atoms with van der Waals surface area (Å²) in [5.74, 6) is -1.87. The third-order valence-electron chi connectivity index (χ3n) is 2.98. The van der Waals surface area contributed by atoms with E-state index >= 15 is 0 Å². The van der Waals surface area contributed by atoms with Crippen molar-refractivity contribution in [2.75, 3.05) is 13.2 Å². The van der Waals surface area contributed by atoms with Gasteiger partial charge < -0.3 is 9.47 Å². The Kier molecular flexibility index (Phi) is 8.57. The average molecular weight is 379 g/mol. The van der Waals surface area contributed by atoms with Crippen LogP contribution in [0.15, 0.2) is 41.3 Å². The lowest BCUT2D eigenvalue weighted by atomic mass is 10.2. The van der Waals surface area contributed by atoms with Crippen LogP contribution in [0.3, 0.4) is 0 Å². The minimum atomic E-state index is -0.602. The Morgan fingerprint density at radius 1 is 1.12 bits per heavy atom. The molecule has 0 aliphatic rings. The molecule has 0 aromatic heterocycles. The van der Waals surface area contributed by atoms with E-state index in [1.165, 1.54) is 19.9 Å². The molecule has 0 N–H and O–H groups in total. The first kappa shape index (κ1) is 21.4. The summed E-state index contributed by atoms with van der Waals surface area (Å²) in [5, 5.41) is 0. The summed E-state index contributed by atoms with van der Waals surface area (Å²) in [6, 6.07) is 6.36. The van der Waals surface area contributed by atoms with Crippen molar-refractivity contribution in [3.05, 3.63) is 42.0 Å². The van der Waals surface area contributed by atoms with Crippen molar-refractivity contribution in [2.45, 2.75) is 32.1 Å². The second-order valence-electron chi connectivity index (χ2n) is 5.23. The van der Waals surface area contributed by atoms with Crippen LogP contribution in [-0.4, -0.2) is 41.3 Å². The van der Waals surface area contributed by atoms with Crippen LogP contribution in [0.5, 0.6) is 0 Å². The SMILES string of the molecule is C=C(C)C(=O)OCCOC(=O)c1cccc(SN(C(C)=O)C(=O)CC)c1. The monoisotopic (exact) mass is 379 g/mol. The van der Waals surface area contributed by atoms with Crippen molar-refractivity contribution >= 4 is 35.7 Å². The first-order chi connectivity index (χ1) is 12.3. The normalized spacial score (nSPS) is 9.96. The van der Waals surface area contributed by atoms with E-state index in [0.717, 1.165) is 16.3 Å². The molecule has 140 valence electrons. The van der Waals surface area contributed by atoms with Crippen LogP contribution < -0.4 is 0 Å². The van der Waals surface area contributed by atoms with Crippen LogP contribution in [-0.2, 0) is 23.9 Å². The minimum Gasteiger partial charge on any atom is -0.459 e. The zero-order valence-electron chi connectivity index (χ0n) is 14.9. The summed E-state index contributed by atoms with van der Waals surface area (Å²) in [5.41, 5.74) is 0.520. The molecule has 1 rings (SSSR count). The average Bonchev–Trinajstić information content (AvgIpc) is 2.62. The van der Waals surface area contributed by atoms with Crippen molar-refractivity contribution in [1.29, 1.82) is 0 Å². The molecule has 1 aromatic rings. The third-order valence-corrected chi connectivity index (χ3v) is 4.09. The van der Waals surface area contributed by atoms with E-state index in [0.29, 0.717) is 4.90 Å². The summed E-state index contributed by atoms with van der Waals surface area (Å²) < 4.78 is 10.9. The number of esters is 2. The van der Waals surface area contributed by atoms with Crippen molar-refractivity contribution < 1.29 is 28.7 Å². The molecular weight excluding hydrogens is 358 g/mol. The van der Waals surface area contributed by atoms with Crippen molar-refractivity contribution in [3.63, 3.8) is 0 Å². The molecule has 0 bridgehead atoms. The van der Waals surface area contributed by atoms with E-state index in [4.69, 9.17) is 9.47 Å². The molecule has 0 spiro atoms. The van der Waals surface area contributed by atoms with E-state index in [1.807, 2.05) is 0 Å². The van der Waals surface area contributed by atoms with Gasteiger partial charge in [-0.1, -0.05) is 19.6 Å². The van der Waals surface area contributed by atoms with Crippen molar-refractivity contribution in [1.82, 2.24) is 4.31 Å². The maximum atomic E-state index is 12.0. The van der Waals surface area contributed by atoms with Crippen LogP contribution in [0.1, 0.15) is 37.6 Å². The van der Waals surface area contributed by atoms with Gasteiger partial charge in [0.1, 0.15) is 13.2 Å². The van der Waals surface area contributed by atoms with Crippen LogP contribution in [0, 0.1) is 0 Å². The number of benzene rings is 1. The predicted molar refractivity (Wildman–Crippen MR) is 96.2 cm³/mol. The van der Waals surface area contributed by atoms with Crippen molar-refractivity contribution in [3.8, 4) is 0 Å². The predicted octanol–water partition coefficient (Wildman–Crippen LogP) is 2.75. The first-order valence-corrected chi connectivity index (χ1v) is 8.64. The van der Waals surface area contributed by atoms with E-state index in [9.17, 15) is 19.2 Å². The minimum absolute atomic E-state index is 0.0744. The molecule has 1 aromatic carbocycles. The Labute approximate surface area is 156 Å². The molecule has 0 saturated carbocycles. The van der Waals surface area contributed by atoms with Crippen LogP contribution in [0.2, 0.25) is 0 Å². The van der Waals surface area contributed by atoms with Crippen LogP contribution in [0.25, 0.3) is 0 Å². The van der Waals surface area contributed by atoms with E-state index in [-0.39, 0.29) is 36.7 Å². The summed E-state index contributed by atoms with van der Waals surface area (Å²) in [6.07, 6.45) is 0.192. The Morgan fingerprint density at radius 3 is 2.35 bits per heavy atom. The van der Waals surface area contributed by atoms with Gasteiger partial charge in [0.25, 0.3) is 0 Å². The van der Waals surface area contributed by atoms with Gasteiger partial charge in [0.05, 0.1) is 5.56 Å². The van der Waals surface area contributed by atoms with E-state index in [2.05, 4.69) is 6.58 Å². The fourth-order valence-corrected chi connectivity index (χ4v) is 2.58. The molecule has 0 atom stereocenters. The number of rotatable bonds is 8. The number of hydrogen-bond acceptors (Lipinski definition) is 7. The molecule has 7 nitrogen and oxygen atoms in total. The second-order valence-corrected chi connectivity index (χ2v) is 6.25. The molecule has 0 aliphatic carbocycles. The number of imide groups is 1. The van der Waals surface area contributed by atoms with Crippen molar-refractivity contribution in [2.24, 2.45) is 0 Å². The number of ether oxygens (including phenoxy) is 2. The lowest BCUT2D eigenvalue weighted by molar-refractivity contribution is -0.140. The summed E-state index contributed by atoms with van der Waals surface area (Å²) >= 11 is 0.944. The fraction of sp³-hybridized carbons (Fsp3) is 0.333. The van der Waals surface area contributed by atoms with Gasteiger partial charge in [0.2, 0.25) is 11.8 Å². The Morgan fingerprint density at radius 2 is 1.77 bits per heavy atom. The number of carbonyl (C=O) groups is 4. The molecule has 0 radical (unpaired) electrons. The molecule has 26 heavy (non-hydrogen) atoms. The zero-order chi connectivity index (χ0) is 19.7. The number of carbonyl (C=O) groups excluding carboxylic acids is 4. The van der Waals surface area contributed by atoms with Gasteiger partial charge in [-0.25, -0.2) is 13.9 Å². The topological polar surface area (TPSA) is 90.0 Å². The Bertz CT molecular complexity index is 715. The molecule has 0 unspecified atom stereocenters. The number of hydrogen-bond donors (Lipinski definition) is 0. The molecule has 8 heteroatoms. The molecule has 0 fully saturated rings. The zero-order valence-corrected chi connectivity index (χ0v) is 15.8. The highest BCUT2D eigenvalue weighted by molar-refractivity contribution is 7.98. The summed E-state index contributed by atoms with van der Waals surface area (Å²) in [7, 11) is 0.